The van der Waals surface area contributed by atoms with Crippen molar-refractivity contribution >= 4 is 5.78 Å². The molecule has 2 saturated carbocycles. The molecule has 0 radical (unpaired) electrons. The second kappa shape index (κ2) is 3.69. The SMILES string of the molecule is Cc1cc(C2C[C@H]3CC(=O)C[C@H]3C2)ccn1. The fraction of sp³-hybridized carbons (Fsp3) is 0.571. The Bertz CT molecular complexity index is 410. The minimum absolute atomic E-state index is 0.486. The molecule has 0 aliphatic heterocycles. The number of Topliss-reactive ketones (excluding diaryl/α,β-unsaturated/α-hetero) is 1. The zero-order chi connectivity index (χ0) is 11.1. The lowest BCUT2D eigenvalue weighted by atomic mass is 9.95. The number of nitrogens with zero attached hydrogens (tertiary/aromatic N) is 1. The second-order valence-electron chi connectivity index (χ2n) is 5.37. The molecule has 0 spiro atoms. The molecule has 0 bridgehead atoms. The van der Waals surface area contributed by atoms with E-state index < -0.39 is 0 Å². The first-order chi connectivity index (χ1) is 7.72. The molecule has 1 aromatic heterocycles. The third-order valence-corrected chi connectivity index (χ3v) is 4.21. The molecule has 1 unspecified atom stereocenters. The lowest BCUT2D eigenvalue weighted by Crippen LogP contribution is -1.99. The van der Waals surface area contributed by atoms with E-state index in [4.69, 9.17) is 0 Å². The average molecular weight is 215 g/mol. The van der Waals surface area contributed by atoms with Crippen LogP contribution in [-0.2, 0) is 4.79 Å². The standard InChI is InChI=1S/C14H17NO/c1-9-4-10(2-3-15-9)11-5-12-7-14(16)8-13(12)6-11/h2-4,11-13H,5-8H2,1H3/t11?,12-,13+. The Balaban J connectivity index is 1.78. The molecular formula is C14H17NO. The Morgan fingerprint density at radius 2 is 1.94 bits per heavy atom. The summed E-state index contributed by atoms with van der Waals surface area (Å²) in [7, 11) is 0. The molecular weight excluding hydrogens is 198 g/mol. The molecule has 2 heteroatoms. The smallest absolute Gasteiger partial charge is 0.133 e. The van der Waals surface area contributed by atoms with E-state index in [2.05, 4.69) is 17.1 Å². The van der Waals surface area contributed by atoms with Crippen LogP contribution >= 0.6 is 0 Å². The monoisotopic (exact) mass is 215 g/mol. The lowest BCUT2D eigenvalue weighted by molar-refractivity contribution is -0.117. The van der Waals surface area contributed by atoms with Gasteiger partial charge in [-0.15, -0.1) is 0 Å². The number of rotatable bonds is 1. The van der Waals surface area contributed by atoms with Crippen molar-refractivity contribution in [3.63, 3.8) is 0 Å². The van der Waals surface area contributed by atoms with Gasteiger partial charge in [-0.25, -0.2) is 0 Å². The molecule has 2 fully saturated rings. The van der Waals surface area contributed by atoms with Gasteiger partial charge in [-0.1, -0.05) is 0 Å². The zero-order valence-corrected chi connectivity index (χ0v) is 9.65. The van der Waals surface area contributed by atoms with Gasteiger partial charge in [-0.2, -0.15) is 0 Å². The van der Waals surface area contributed by atoms with E-state index in [9.17, 15) is 4.79 Å². The predicted octanol–water partition coefficient (Wildman–Crippen LogP) is 2.86. The minimum atomic E-state index is 0.486. The van der Waals surface area contributed by atoms with Crippen LogP contribution in [0.5, 0.6) is 0 Å². The van der Waals surface area contributed by atoms with Gasteiger partial charge in [0.15, 0.2) is 0 Å². The molecule has 0 N–H and O–H groups in total. The number of fused-ring (bicyclic) bond motifs is 1. The van der Waals surface area contributed by atoms with Gasteiger partial charge >= 0.3 is 0 Å². The Labute approximate surface area is 96.1 Å². The fourth-order valence-corrected chi connectivity index (χ4v) is 3.47. The van der Waals surface area contributed by atoms with Crippen molar-refractivity contribution < 1.29 is 4.79 Å². The van der Waals surface area contributed by atoms with Crippen molar-refractivity contribution in [3.8, 4) is 0 Å². The summed E-state index contributed by atoms with van der Waals surface area (Å²) >= 11 is 0. The number of ketones is 1. The summed E-state index contributed by atoms with van der Waals surface area (Å²) in [6.07, 6.45) is 6.00. The summed E-state index contributed by atoms with van der Waals surface area (Å²) in [5, 5.41) is 0. The zero-order valence-electron chi connectivity index (χ0n) is 9.65. The Hall–Kier alpha value is -1.18. The molecule has 3 rings (SSSR count). The number of aromatic nitrogens is 1. The van der Waals surface area contributed by atoms with Gasteiger partial charge in [0.1, 0.15) is 5.78 Å². The topological polar surface area (TPSA) is 30.0 Å². The summed E-state index contributed by atoms with van der Waals surface area (Å²) in [5.41, 5.74) is 2.53. The first-order valence-corrected chi connectivity index (χ1v) is 6.16. The molecule has 84 valence electrons. The summed E-state index contributed by atoms with van der Waals surface area (Å²) in [4.78, 5) is 15.6. The first-order valence-electron chi connectivity index (χ1n) is 6.16. The van der Waals surface area contributed by atoms with Gasteiger partial charge in [-0.3, -0.25) is 9.78 Å². The third kappa shape index (κ3) is 1.66. The number of hydrogen-bond acceptors (Lipinski definition) is 2. The second-order valence-corrected chi connectivity index (χ2v) is 5.37. The molecule has 3 atom stereocenters. The first kappa shape index (κ1) is 10.0. The van der Waals surface area contributed by atoms with Crippen LogP contribution in [0.3, 0.4) is 0 Å². The van der Waals surface area contributed by atoms with Crippen molar-refractivity contribution in [1.29, 1.82) is 0 Å². The van der Waals surface area contributed by atoms with E-state index in [0.717, 1.165) is 18.5 Å². The maximum Gasteiger partial charge on any atom is 0.133 e. The van der Waals surface area contributed by atoms with Crippen LogP contribution in [0.4, 0.5) is 0 Å². The van der Waals surface area contributed by atoms with Crippen molar-refractivity contribution in [1.82, 2.24) is 4.98 Å². The van der Waals surface area contributed by atoms with Crippen LogP contribution in [0, 0.1) is 18.8 Å². The minimum Gasteiger partial charge on any atom is -0.300 e. The van der Waals surface area contributed by atoms with E-state index in [0.29, 0.717) is 23.5 Å². The molecule has 1 aromatic rings. The molecule has 0 amide bonds. The number of hydrogen-bond donors (Lipinski definition) is 0. The molecule has 2 nitrogen and oxygen atoms in total. The van der Waals surface area contributed by atoms with E-state index in [1.807, 2.05) is 13.1 Å². The van der Waals surface area contributed by atoms with Crippen LogP contribution in [0.1, 0.15) is 42.9 Å². The van der Waals surface area contributed by atoms with Crippen LogP contribution in [0.15, 0.2) is 18.3 Å². The van der Waals surface area contributed by atoms with Gasteiger partial charge in [0.25, 0.3) is 0 Å². The normalized spacial score (nSPS) is 33.1. The van der Waals surface area contributed by atoms with Crippen LogP contribution in [0.25, 0.3) is 0 Å². The highest BCUT2D eigenvalue weighted by molar-refractivity contribution is 5.81. The highest BCUT2D eigenvalue weighted by Gasteiger charge is 2.41. The highest BCUT2D eigenvalue weighted by Crippen LogP contribution is 2.49. The summed E-state index contributed by atoms with van der Waals surface area (Å²) in [5.74, 6) is 2.50. The Morgan fingerprint density at radius 1 is 1.25 bits per heavy atom. The van der Waals surface area contributed by atoms with Gasteiger partial charge in [0.05, 0.1) is 0 Å². The largest absolute Gasteiger partial charge is 0.300 e. The van der Waals surface area contributed by atoms with Crippen LogP contribution < -0.4 is 0 Å². The quantitative estimate of drug-likeness (QED) is 0.721. The average Bonchev–Trinajstić information content (AvgIpc) is 2.74. The predicted molar refractivity (Wildman–Crippen MR) is 62.2 cm³/mol. The lowest BCUT2D eigenvalue weighted by Gasteiger charge is -2.11. The Kier molecular flexibility index (Phi) is 2.31. The summed E-state index contributed by atoms with van der Waals surface area (Å²) < 4.78 is 0. The molecule has 16 heavy (non-hydrogen) atoms. The molecule has 0 saturated heterocycles. The number of carbonyl (C=O) groups is 1. The van der Waals surface area contributed by atoms with Crippen molar-refractivity contribution in [3.05, 3.63) is 29.6 Å². The number of aryl methyl sites for hydroxylation is 1. The highest BCUT2D eigenvalue weighted by atomic mass is 16.1. The fourth-order valence-electron chi connectivity index (χ4n) is 3.47. The van der Waals surface area contributed by atoms with Gasteiger partial charge < -0.3 is 0 Å². The Morgan fingerprint density at radius 3 is 2.56 bits per heavy atom. The molecule has 2 aliphatic rings. The van der Waals surface area contributed by atoms with Crippen molar-refractivity contribution in [2.45, 2.75) is 38.5 Å². The van der Waals surface area contributed by atoms with E-state index in [1.165, 1.54) is 18.4 Å². The van der Waals surface area contributed by atoms with Crippen molar-refractivity contribution in [2.24, 2.45) is 11.8 Å². The molecule has 2 aliphatic carbocycles. The van der Waals surface area contributed by atoms with Gasteiger partial charge in [-0.05, 0) is 55.2 Å². The maximum absolute atomic E-state index is 11.3. The summed E-state index contributed by atoms with van der Waals surface area (Å²) in [6.45, 7) is 2.04. The van der Waals surface area contributed by atoms with E-state index in [-0.39, 0.29) is 0 Å². The van der Waals surface area contributed by atoms with Gasteiger partial charge in [0.2, 0.25) is 0 Å². The van der Waals surface area contributed by atoms with Crippen LogP contribution in [0.2, 0.25) is 0 Å². The van der Waals surface area contributed by atoms with Crippen molar-refractivity contribution in [2.75, 3.05) is 0 Å². The maximum atomic E-state index is 11.3. The third-order valence-electron chi connectivity index (χ3n) is 4.21. The molecule has 0 aromatic carbocycles. The van der Waals surface area contributed by atoms with E-state index in [1.54, 1.807) is 0 Å². The van der Waals surface area contributed by atoms with Crippen LogP contribution in [-0.4, -0.2) is 10.8 Å². The summed E-state index contributed by atoms with van der Waals surface area (Å²) in [6, 6.07) is 4.34. The van der Waals surface area contributed by atoms with Gasteiger partial charge in [0, 0.05) is 24.7 Å². The number of pyridine rings is 1. The number of carbonyl (C=O) groups excluding carboxylic acids is 1. The molecule has 1 heterocycles. The van der Waals surface area contributed by atoms with E-state index >= 15 is 0 Å².